The number of urea groups is 1. The third kappa shape index (κ3) is 5.03. The minimum Gasteiger partial charge on any atom is -0.352 e. The van der Waals surface area contributed by atoms with Crippen molar-refractivity contribution in [1.82, 2.24) is 20.1 Å². The summed E-state index contributed by atoms with van der Waals surface area (Å²) in [6.45, 7) is 6.46. The van der Waals surface area contributed by atoms with Crippen molar-refractivity contribution in [2.45, 2.75) is 13.8 Å². The van der Waals surface area contributed by atoms with Crippen LogP contribution in [0.2, 0.25) is 5.02 Å². The Kier molecular flexibility index (Phi) is 6.18. The van der Waals surface area contributed by atoms with Crippen LogP contribution >= 0.6 is 11.6 Å². The monoisotopic (exact) mass is 437 g/mol. The van der Waals surface area contributed by atoms with Crippen molar-refractivity contribution in [3.8, 4) is 0 Å². The zero-order valence-electron chi connectivity index (χ0n) is 17.5. The highest BCUT2D eigenvalue weighted by Crippen LogP contribution is 2.23. The lowest BCUT2D eigenvalue weighted by atomic mass is 10.2. The first-order valence-electron chi connectivity index (χ1n) is 10.1. The van der Waals surface area contributed by atoms with E-state index in [9.17, 15) is 4.79 Å². The molecule has 9 heteroatoms. The van der Waals surface area contributed by atoms with Crippen LogP contribution in [-0.2, 0) is 0 Å². The minimum absolute atomic E-state index is 0.124. The second kappa shape index (κ2) is 9.18. The first kappa shape index (κ1) is 20.9. The molecular weight excluding hydrogens is 414 g/mol. The van der Waals surface area contributed by atoms with Crippen LogP contribution in [0.5, 0.6) is 0 Å². The molecule has 2 amide bonds. The maximum atomic E-state index is 12.6. The molecule has 1 saturated heterocycles. The Balaban J connectivity index is 1.32. The van der Waals surface area contributed by atoms with Gasteiger partial charge in [-0.2, -0.15) is 0 Å². The van der Waals surface area contributed by atoms with Crippen LogP contribution in [0, 0.1) is 13.8 Å². The molecule has 0 radical (unpaired) electrons. The Hall–Kier alpha value is -3.39. The van der Waals surface area contributed by atoms with E-state index >= 15 is 0 Å². The molecule has 4 rings (SSSR count). The van der Waals surface area contributed by atoms with Gasteiger partial charge in [0.2, 0.25) is 0 Å². The molecule has 0 aliphatic carbocycles. The molecule has 0 atom stereocenters. The van der Waals surface area contributed by atoms with E-state index in [1.165, 1.54) is 0 Å². The number of nitrogens with zero attached hydrogens (tertiary/aromatic N) is 5. The van der Waals surface area contributed by atoms with Gasteiger partial charge in [0, 0.05) is 43.1 Å². The molecule has 2 N–H and O–H groups in total. The van der Waals surface area contributed by atoms with Crippen LogP contribution in [0.3, 0.4) is 0 Å². The molecule has 3 aromatic rings. The van der Waals surface area contributed by atoms with Gasteiger partial charge in [0.15, 0.2) is 11.6 Å². The summed E-state index contributed by atoms with van der Waals surface area (Å²) < 4.78 is 0. The number of rotatable bonds is 4. The molecule has 2 aromatic heterocycles. The maximum absolute atomic E-state index is 12.6. The van der Waals surface area contributed by atoms with Gasteiger partial charge in [-0.25, -0.2) is 9.78 Å². The van der Waals surface area contributed by atoms with Gasteiger partial charge in [-0.15, -0.1) is 10.2 Å². The second-order valence-electron chi connectivity index (χ2n) is 7.44. The van der Waals surface area contributed by atoms with Gasteiger partial charge >= 0.3 is 6.03 Å². The lowest BCUT2D eigenvalue weighted by Gasteiger charge is -2.35. The normalized spacial score (nSPS) is 13.8. The van der Waals surface area contributed by atoms with E-state index in [-0.39, 0.29) is 6.03 Å². The number of hydrogen-bond donors (Lipinski definition) is 2. The minimum atomic E-state index is -0.124. The number of aryl methyl sites for hydroxylation is 1. The molecule has 1 aliphatic heterocycles. The fourth-order valence-electron chi connectivity index (χ4n) is 3.37. The van der Waals surface area contributed by atoms with E-state index < -0.39 is 0 Å². The van der Waals surface area contributed by atoms with Crippen molar-refractivity contribution in [1.29, 1.82) is 0 Å². The molecule has 1 fully saturated rings. The van der Waals surface area contributed by atoms with Crippen LogP contribution < -0.4 is 15.5 Å². The molecule has 0 unspecified atom stereocenters. The molecule has 1 aliphatic rings. The number of anilines is 4. The van der Waals surface area contributed by atoms with E-state index in [4.69, 9.17) is 11.6 Å². The summed E-state index contributed by atoms with van der Waals surface area (Å²) in [5, 5.41) is 15.3. The van der Waals surface area contributed by atoms with Crippen molar-refractivity contribution in [3.63, 3.8) is 0 Å². The average Bonchev–Trinajstić information content (AvgIpc) is 2.78. The van der Waals surface area contributed by atoms with Crippen LogP contribution in [0.25, 0.3) is 0 Å². The van der Waals surface area contributed by atoms with E-state index in [1.807, 2.05) is 56.3 Å². The summed E-state index contributed by atoms with van der Waals surface area (Å²) in [5.74, 6) is 2.15. The number of nitrogens with one attached hydrogen (secondary N) is 2. The maximum Gasteiger partial charge on any atom is 0.321 e. The van der Waals surface area contributed by atoms with Gasteiger partial charge in [0.25, 0.3) is 0 Å². The number of piperazine rings is 1. The lowest BCUT2D eigenvalue weighted by Crippen LogP contribution is -2.50. The summed E-state index contributed by atoms with van der Waals surface area (Å²) in [4.78, 5) is 20.8. The Morgan fingerprint density at radius 2 is 1.81 bits per heavy atom. The molecule has 1 aromatic carbocycles. The molecular formula is C22H24ClN7O. The van der Waals surface area contributed by atoms with Gasteiger partial charge in [0.1, 0.15) is 5.82 Å². The highest BCUT2D eigenvalue weighted by Gasteiger charge is 2.22. The van der Waals surface area contributed by atoms with Crippen molar-refractivity contribution < 1.29 is 4.79 Å². The first-order valence-corrected chi connectivity index (χ1v) is 10.5. The topological polar surface area (TPSA) is 86.3 Å². The highest BCUT2D eigenvalue weighted by molar-refractivity contribution is 6.31. The number of benzene rings is 1. The van der Waals surface area contributed by atoms with Crippen LogP contribution in [0.4, 0.5) is 27.9 Å². The molecule has 0 saturated carbocycles. The Labute approximate surface area is 186 Å². The zero-order valence-corrected chi connectivity index (χ0v) is 18.2. The van der Waals surface area contributed by atoms with Crippen LogP contribution in [0.1, 0.15) is 11.1 Å². The van der Waals surface area contributed by atoms with Crippen LogP contribution in [-0.4, -0.2) is 52.3 Å². The van der Waals surface area contributed by atoms with Crippen LogP contribution in [0.15, 0.2) is 48.7 Å². The Bertz CT molecular complexity index is 1070. The third-order valence-corrected chi connectivity index (χ3v) is 5.63. The fraction of sp³-hybridized carbons (Fsp3) is 0.273. The van der Waals surface area contributed by atoms with E-state index in [1.54, 1.807) is 11.1 Å². The first-order chi connectivity index (χ1) is 15.0. The van der Waals surface area contributed by atoms with Crippen molar-refractivity contribution in [2.75, 3.05) is 41.7 Å². The van der Waals surface area contributed by atoms with Crippen molar-refractivity contribution >= 4 is 40.8 Å². The smallest absolute Gasteiger partial charge is 0.321 e. The van der Waals surface area contributed by atoms with Gasteiger partial charge in [-0.05, 0) is 61.4 Å². The number of amides is 2. The number of aromatic nitrogens is 3. The van der Waals surface area contributed by atoms with Gasteiger partial charge in [-0.1, -0.05) is 17.7 Å². The number of hydrogen-bond acceptors (Lipinski definition) is 6. The Morgan fingerprint density at radius 3 is 2.52 bits per heavy atom. The largest absolute Gasteiger partial charge is 0.352 e. The zero-order chi connectivity index (χ0) is 21.8. The SMILES string of the molecule is Cc1ccnc(Nc2ccc(N3CCN(C(=O)Nc4cccc(Cl)c4C)CC3)nn2)c1. The Morgan fingerprint density at radius 1 is 1.00 bits per heavy atom. The number of carbonyl (C=O) groups excluding carboxylic acids is 1. The lowest BCUT2D eigenvalue weighted by molar-refractivity contribution is 0.208. The summed E-state index contributed by atoms with van der Waals surface area (Å²) in [7, 11) is 0. The number of carbonyl (C=O) groups is 1. The van der Waals surface area contributed by atoms with Crippen molar-refractivity contribution in [2.24, 2.45) is 0 Å². The third-order valence-electron chi connectivity index (χ3n) is 5.22. The number of pyridine rings is 1. The van der Waals surface area contributed by atoms with E-state index in [0.717, 1.165) is 28.5 Å². The quantitative estimate of drug-likeness (QED) is 0.634. The number of halogens is 1. The van der Waals surface area contributed by atoms with Gasteiger partial charge in [0.05, 0.1) is 0 Å². The standard InChI is InChI=1S/C22H24ClN7O/c1-15-8-9-24-20(14-15)26-19-6-7-21(28-27-19)29-10-12-30(13-11-29)22(31)25-18-5-3-4-17(23)16(18)2/h3-9,14H,10-13H2,1-2H3,(H,25,31)(H,24,26,27). The van der Waals surface area contributed by atoms with Gasteiger partial charge in [-0.3, -0.25) is 0 Å². The van der Waals surface area contributed by atoms with Gasteiger partial charge < -0.3 is 20.4 Å². The van der Waals surface area contributed by atoms with Crippen molar-refractivity contribution in [3.05, 3.63) is 64.8 Å². The second-order valence-corrected chi connectivity index (χ2v) is 7.84. The predicted molar refractivity (Wildman–Crippen MR) is 123 cm³/mol. The molecule has 0 spiro atoms. The van der Waals surface area contributed by atoms with E-state index in [0.29, 0.717) is 37.0 Å². The molecule has 8 nitrogen and oxygen atoms in total. The molecule has 31 heavy (non-hydrogen) atoms. The summed E-state index contributed by atoms with van der Waals surface area (Å²) >= 11 is 6.14. The molecule has 0 bridgehead atoms. The summed E-state index contributed by atoms with van der Waals surface area (Å²) in [6.07, 6.45) is 1.75. The average molecular weight is 438 g/mol. The molecule has 160 valence electrons. The predicted octanol–water partition coefficient (Wildman–Crippen LogP) is 4.24. The highest BCUT2D eigenvalue weighted by atomic mass is 35.5. The van der Waals surface area contributed by atoms with E-state index in [2.05, 4.69) is 30.7 Å². The summed E-state index contributed by atoms with van der Waals surface area (Å²) in [6, 6.07) is 13.1. The molecule has 3 heterocycles. The fourth-order valence-corrected chi connectivity index (χ4v) is 3.55. The summed E-state index contributed by atoms with van der Waals surface area (Å²) in [5.41, 5.74) is 2.72.